The Morgan fingerprint density at radius 3 is 1.36 bits per heavy atom. The number of azide groups is 2. The molecule has 0 saturated carbocycles. The van der Waals surface area contributed by atoms with Crippen molar-refractivity contribution in [3.8, 4) is 24.7 Å². The molecule has 19 heteroatoms. The summed E-state index contributed by atoms with van der Waals surface area (Å²) in [7, 11) is 0. The quantitative estimate of drug-likeness (QED) is 0.108. The fraction of sp³-hybridized carbons (Fsp3) is 0.615. The number of aromatic nitrogens is 6. The maximum atomic E-state index is 9.00. The van der Waals surface area contributed by atoms with Gasteiger partial charge in [-0.05, 0) is 52.2 Å². The Labute approximate surface area is 279 Å². The molecule has 0 aliphatic rings. The Morgan fingerprint density at radius 1 is 0.889 bits per heavy atom. The second kappa shape index (κ2) is 58.9. The van der Waals surface area contributed by atoms with Gasteiger partial charge in [0.15, 0.2) is 0 Å². The van der Waals surface area contributed by atoms with Crippen LogP contribution in [-0.2, 0) is 39.7 Å². The Morgan fingerprint density at radius 2 is 1.22 bits per heavy atom. The van der Waals surface area contributed by atoms with Gasteiger partial charge in [-0.15, -0.1) is 34.9 Å². The van der Waals surface area contributed by atoms with Crippen molar-refractivity contribution in [1.29, 1.82) is 0 Å². The van der Waals surface area contributed by atoms with Gasteiger partial charge in [-0.1, -0.05) is 42.4 Å². The van der Waals surface area contributed by atoms with Crippen LogP contribution in [0.3, 0.4) is 0 Å². The van der Waals surface area contributed by atoms with E-state index in [4.69, 9.17) is 42.3 Å². The van der Waals surface area contributed by atoms with E-state index < -0.39 is 11.9 Å². The molecule has 0 atom stereocenters. The monoisotopic (exact) mass is 689 g/mol. The smallest absolute Gasteiger partial charge is 0.300 e. The molecule has 45 heavy (non-hydrogen) atoms. The van der Waals surface area contributed by atoms with Crippen molar-refractivity contribution in [2.45, 2.75) is 83.3 Å². The number of nitrogens with zero attached hydrogens (tertiary/aromatic N) is 12. The topological polar surface area (TPSA) is 286 Å². The van der Waals surface area contributed by atoms with Crippen LogP contribution in [0.15, 0.2) is 22.6 Å². The van der Waals surface area contributed by atoms with Crippen molar-refractivity contribution < 1.29 is 36.9 Å². The van der Waals surface area contributed by atoms with Gasteiger partial charge in [-0.3, -0.25) is 19.0 Å². The van der Waals surface area contributed by atoms with Crippen LogP contribution in [0, 0.1) is 38.5 Å². The third-order valence-corrected chi connectivity index (χ3v) is 2.49. The summed E-state index contributed by atoms with van der Waals surface area (Å²) in [5.74, 6) is 2.83. The first kappa shape index (κ1) is 63.6. The Hall–Kier alpha value is -4.60. The number of aliphatic carboxylic acids is 2. The summed E-state index contributed by atoms with van der Waals surface area (Å²) in [5, 5.41) is 36.3. The molecule has 0 aromatic carbocycles. The van der Waals surface area contributed by atoms with Crippen LogP contribution in [0.2, 0.25) is 0 Å². The van der Waals surface area contributed by atoms with Gasteiger partial charge in [0, 0.05) is 79.3 Å². The molecule has 2 heterocycles. The average molecular weight is 690 g/mol. The van der Waals surface area contributed by atoms with E-state index in [9.17, 15) is 0 Å². The van der Waals surface area contributed by atoms with E-state index in [1.54, 1.807) is 30.1 Å². The molecule has 0 fully saturated rings. The summed E-state index contributed by atoms with van der Waals surface area (Å²) < 4.78 is 3.53. The molecule has 0 spiro atoms. The maximum absolute atomic E-state index is 9.00. The zero-order valence-electron chi connectivity index (χ0n) is 26.1. The number of terminal acetylenes is 2. The van der Waals surface area contributed by atoms with Crippen LogP contribution in [0.5, 0.6) is 0 Å². The predicted octanol–water partition coefficient (Wildman–Crippen LogP) is 4.45. The van der Waals surface area contributed by atoms with E-state index in [1.807, 2.05) is 33.2 Å². The van der Waals surface area contributed by atoms with E-state index in [1.165, 1.54) is 0 Å². The van der Waals surface area contributed by atoms with Crippen molar-refractivity contribution in [2.24, 2.45) is 21.7 Å². The van der Waals surface area contributed by atoms with E-state index in [0.717, 1.165) is 38.3 Å². The number of nitrogens with two attached hydrogens (primary N) is 2. The molecule has 0 saturated heterocycles. The third kappa shape index (κ3) is 101. The Bertz CT molecular complexity index is 1030. The van der Waals surface area contributed by atoms with Gasteiger partial charge in [0.2, 0.25) is 0 Å². The Balaban J connectivity index is -0.0000000481. The first-order chi connectivity index (χ1) is 19.8. The van der Waals surface area contributed by atoms with Crippen molar-refractivity contribution in [1.82, 2.24) is 30.0 Å². The van der Waals surface area contributed by atoms with Crippen molar-refractivity contribution in [2.75, 3.05) is 26.2 Å². The molecule has 0 bridgehead atoms. The summed E-state index contributed by atoms with van der Waals surface area (Å²) >= 11 is 0. The minimum absolute atomic E-state index is 0. The summed E-state index contributed by atoms with van der Waals surface area (Å²) in [6, 6.07) is 0. The molecule has 2 aromatic heterocycles. The number of hydrogen-bond donors (Lipinski definition) is 4. The van der Waals surface area contributed by atoms with Gasteiger partial charge >= 0.3 is 0 Å². The number of carbonyl (C=O) groups is 2. The van der Waals surface area contributed by atoms with Gasteiger partial charge in [0.25, 0.3) is 11.9 Å². The van der Waals surface area contributed by atoms with Crippen LogP contribution < -0.4 is 11.5 Å². The summed E-state index contributed by atoms with van der Waals surface area (Å²) in [6.07, 6.45) is 13.0. The first-order valence-corrected chi connectivity index (χ1v) is 12.1. The van der Waals surface area contributed by atoms with Crippen molar-refractivity contribution in [3.63, 3.8) is 0 Å². The summed E-state index contributed by atoms with van der Waals surface area (Å²) in [5.41, 5.74) is 27.3. The zero-order chi connectivity index (χ0) is 34.2. The Kier molecular flexibility index (Phi) is 83.3. The van der Waals surface area contributed by atoms with E-state index in [2.05, 4.69) is 65.4 Å². The number of carboxylic acid groups (broad SMARTS) is 2. The van der Waals surface area contributed by atoms with Gasteiger partial charge in [-0.2, -0.15) is 0 Å². The molecular formula is C26H54CuN14O4. The summed E-state index contributed by atoms with van der Waals surface area (Å²) in [6.45, 7) is 16.8. The fourth-order valence-electron chi connectivity index (χ4n) is 1.35. The summed E-state index contributed by atoms with van der Waals surface area (Å²) in [4.78, 5) is 22.9. The largest absolute Gasteiger partial charge is 0.481 e. The molecule has 0 unspecified atom stereocenters. The molecule has 2 rings (SSSR count). The normalized spacial score (nSPS) is 6.76. The average Bonchev–Trinajstić information content (AvgIpc) is 3.52. The SMILES string of the molecule is C.C.C#CC.C#CC.CC(=O)O.CC(=O)O.CCN=[N+]=[N-].CCn1cc(C)nn1.Cc1cn(CCN)nn1.[Cu].[N-]=[N+]=NCCN. The van der Waals surface area contributed by atoms with Gasteiger partial charge in [0.05, 0.1) is 17.9 Å². The second-order valence-corrected chi connectivity index (χ2v) is 6.53. The number of carboxylic acids is 2. The van der Waals surface area contributed by atoms with E-state index in [-0.39, 0.29) is 31.9 Å². The molecule has 0 aliphatic carbocycles. The van der Waals surface area contributed by atoms with E-state index >= 15 is 0 Å². The van der Waals surface area contributed by atoms with Crippen molar-refractivity contribution in [3.05, 3.63) is 44.7 Å². The molecule has 1 radical (unpaired) electrons. The maximum Gasteiger partial charge on any atom is 0.300 e. The zero-order valence-corrected chi connectivity index (χ0v) is 27.0. The van der Waals surface area contributed by atoms with E-state index in [0.29, 0.717) is 26.2 Å². The molecule has 0 aliphatic heterocycles. The minimum Gasteiger partial charge on any atom is -0.481 e. The number of hydrogen-bond acceptors (Lipinski definition) is 10. The number of aryl methyl sites for hydroxylation is 3. The minimum atomic E-state index is -0.833. The fourth-order valence-corrected chi connectivity index (χ4v) is 1.35. The molecule has 263 valence electrons. The standard InChI is InChI=1S/C5H10N4.C5H9N3.2C3H4.C2H6N4.C2H5N3.2C2H4O2.2CH4.Cu/c1-5-4-9(3-2-6)8-7-5;1-3-8-4-5(2)6-7-8;2*1-3-2;3-1-2-5-6-4;1-2-4-5-3;2*1-2(3)4;;;/h4H,2-3,6H2,1H3;4H,3H2,1-2H3;2*1H,2H3;1-3H2;2H2,1H3;2*1H3,(H,3,4);2*1H4;. The van der Waals surface area contributed by atoms with Crippen molar-refractivity contribution >= 4 is 11.9 Å². The predicted molar refractivity (Wildman–Crippen MR) is 176 cm³/mol. The molecular weight excluding hydrogens is 636 g/mol. The molecule has 0 amide bonds. The van der Waals surface area contributed by atoms with Crippen LogP contribution in [0.1, 0.15) is 67.8 Å². The molecule has 2 aromatic rings. The van der Waals surface area contributed by atoms with Crippen LogP contribution in [-0.4, -0.2) is 78.3 Å². The van der Waals surface area contributed by atoms with Gasteiger partial charge in [0.1, 0.15) is 0 Å². The van der Waals surface area contributed by atoms with Gasteiger partial charge in [-0.25, -0.2) is 0 Å². The molecule has 6 N–H and O–H groups in total. The second-order valence-electron chi connectivity index (χ2n) is 6.53. The number of rotatable bonds is 6. The van der Waals surface area contributed by atoms with Crippen LogP contribution in [0.25, 0.3) is 20.9 Å². The van der Waals surface area contributed by atoms with Crippen LogP contribution in [0.4, 0.5) is 0 Å². The third-order valence-electron chi connectivity index (χ3n) is 2.49. The molecule has 18 nitrogen and oxygen atoms in total. The first-order valence-electron chi connectivity index (χ1n) is 12.1. The van der Waals surface area contributed by atoms with Gasteiger partial charge < -0.3 is 21.7 Å². The van der Waals surface area contributed by atoms with Crippen LogP contribution >= 0.6 is 0 Å².